The van der Waals surface area contributed by atoms with Crippen LogP contribution >= 0.6 is 0 Å². The Balaban J connectivity index is 1.29. The molecule has 3 aliphatic heterocycles. The Morgan fingerprint density at radius 2 is 1.62 bits per heavy atom. The molecule has 0 bridgehead atoms. The summed E-state index contributed by atoms with van der Waals surface area (Å²) in [6.07, 6.45) is 0.811. The van der Waals surface area contributed by atoms with Crippen LogP contribution in [0.2, 0.25) is 0 Å². The van der Waals surface area contributed by atoms with Crippen LogP contribution in [-0.4, -0.2) is 117 Å². The third-order valence-corrected chi connectivity index (χ3v) is 6.52. The summed E-state index contributed by atoms with van der Waals surface area (Å²) in [7, 11) is 0. The minimum atomic E-state index is -0.636. The van der Waals surface area contributed by atoms with Crippen LogP contribution in [0.4, 0.5) is 0 Å². The summed E-state index contributed by atoms with van der Waals surface area (Å²) in [4.78, 5) is 7.03. The highest BCUT2D eigenvalue weighted by atomic mass is 16.5. The standard InChI is InChI=1S/C24H39N3O5/c1-2-31-23-17-21(3-4-22(23)32-16-11-25-7-12-29-13-8-25)18-27-6-5-24(28,20-27)19-26-9-14-30-15-10-26/h3-4,17,28H,2,5-16,18-20H2,1H3/t24-/m0/s1. The first kappa shape index (κ1) is 23.7. The monoisotopic (exact) mass is 449 g/mol. The highest BCUT2D eigenvalue weighted by Crippen LogP contribution is 2.31. The molecular weight excluding hydrogens is 410 g/mol. The quantitative estimate of drug-likeness (QED) is 0.569. The highest BCUT2D eigenvalue weighted by molar-refractivity contribution is 5.43. The van der Waals surface area contributed by atoms with Gasteiger partial charge >= 0.3 is 0 Å². The number of β-amino-alcohol motifs (C(OH)–C–C–N with tert-alkyl or cyclic N) is 1. The molecule has 0 unspecified atom stereocenters. The zero-order valence-corrected chi connectivity index (χ0v) is 19.5. The van der Waals surface area contributed by atoms with Gasteiger partial charge in [-0.3, -0.25) is 14.7 Å². The minimum absolute atomic E-state index is 0.603. The van der Waals surface area contributed by atoms with Gasteiger partial charge in [-0.05, 0) is 31.0 Å². The second-order valence-electron chi connectivity index (χ2n) is 9.09. The Labute approximate surface area is 192 Å². The molecule has 1 aromatic carbocycles. The Kier molecular flexibility index (Phi) is 8.62. The number of nitrogens with zero attached hydrogens (tertiary/aromatic N) is 3. The van der Waals surface area contributed by atoms with Crippen molar-refractivity contribution in [3.8, 4) is 11.5 Å². The third-order valence-electron chi connectivity index (χ3n) is 6.52. The van der Waals surface area contributed by atoms with Crippen LogP contribution in [0.25, 0.3) is 0 Å². The van der Waals surface area contributed by atoms with Crippen molar-refractivity contribution in [3.05, 3.63) is 23.8 Å². The van der Waals surface area contributed by atoms with Crippen molar-refractivity contribution in [2.75, 3.05) is 92.0 Å². The van der Waals surface area contributed by atoms with Crippen molar-refractivity contribution in [1.82, 2.24) is 14.7 Å². The summed E-state index contributed by atoms with van der Waals surface area (Å²) in [6.45, 7) is 14.2. The van der Waals surface area contributed by atoms with Crippen LogP contribution in [0, 0.1) is 0 Å². The number of rotatable bonds is 10. The SMILES string of the molecule is CCOc1cc(CN2CC[C@](O)(CN3CCOCC3)C2)ccc1OCCN1CCOCC1. The highest BCUT2D eigenvalue weighted by Gasteiger charge is 2.37. The summed E-state index contributed by atoms with van der Waals surface area (Å²) >= 11 is 0. The molecule has 3 heterocycles. The second kappa shape index (κ2) is 11.6. The van der Waals surface area contributed by atoms with Crippen molar-refractivity contribution in [3.63, 3.8) is 0 Å². The molecule has 8 nitrogen and oxygen atoms in total. The maximum atomic E-state index is 11.1. The predicted octanol–water partition coefficient (Wildman–Crippen LogP) is 1.07. The fraction of sp³-hybridized carbons (Fsp3) is 0.750. The lowest BCUT2D eigenvalue weighted by molar-refractivity contribution is -0.0266. The molecule has 0 amide bonds. The molecule has 0 radical (unpaired) electrons. The van der Waals surface area contributed by atoms with E-state index in [1.54, 1.807) is 0 Å². The van der Waals surface area contributed by atoms with E-state index in [1.807, 2.05) is 13.0 Å². The number of hydrogen-bond donors (Lipinski definition) is 1. The van der Waals surface area contributed by atoms with Crippen LogP contribution in [0.15, 0.2) is 18.2 Å². The average Bonchev–Trinajstić information content (AvgIpc) is 3.16. The Bertz CT molecular complexity index is 709. The van der Waals surface area contributed by atoms with E-state index in [9.17, 15) is 5.11 Å². The number of likely N-dealkylation sites (tertiary alicyclic amines) is 1. The van der Waals surface area contributed by atoms with Gasteiger partial charge in [0.15, 0.2) is 11.5 Å². The number of benzene rings is 1. The van der Waals surface area contributed by atoms with Gasteiger partial charge < -0.3 is 24.1 Å². The molecule has 0 spiro atoms. The van der Waals surface area contributed by atoms with Crippen LogP contribution in [-0.2, 0) is 16.0 Å². The molecule has 3 saturated heterocycles. The van der Waals surface area contributed by atoms with Crippen molar-refractivity contribution in [2.45, 2.75) is 25.5 Å². The summed E-state index contributed by atoms with van der Waals surface area (Å²) in [5.41, 5.74) is 0.549. The zero-order chi connectivity index (χ0) is 22.2. The number of ether oxygens (including phenoxy) is 4. The fourth-order valence-corrected chi connectivity index (χ4v) is 4.79. The lowest BCUT2D eigenvalue weighted by atomic mass is 10.0. The van der Waals surface area contributed by atoms with Gasteiger partial charge in [-0.2, -0.15) is 0 Å². The molecule has 0 saturated carbocycles. The van der Waals surface area contributed by atoms with E-state index in [4.69, 9.17) is 18.9 Å². The molecule has 32 heavy (non-hydrogen) atoms. The van der Waals surface area contributed by atoms with Gasteiger partial charge in [-0.1, -0.05) is 6.07 Å². The van der Waals surface area contributed by atoms with Crippen molar-refractivity contribution in [1.29, 1.82) is 0 Å². The van der Waals surface area contributed by atoms with E-state index < -0.39 is 5.60 Å². The first-order chi connectivity index (χ1) is 15.6. The first-order valence-electron chi connectivity index (χ1n) is 12.1. The van der Waals surface area contributed by atoms with Crippen LogP contribution in [0.1, 0.15) is 18.9 Å². The van der Waals surface area contributed by atoms with E-state index >= 15 is 0 Å². The van der Waals surface area contributed by atoms with Gasteiger partial charge in [0.05, 0.1) is 38.6 Å². The fourth-order valence-electron chi connectivity index (χ4n) is 4.79. The summed E-state index contributed by atoms with van der Waals surface area (Å²) < 4.78 is 22.8. The predicted molar refractivity (Wildman–Crippen MR) is 122 cm³/mol. The summed E-state index contributed by atoms with van der Waals surface area (Å²) in [5, 5.41) is 11.1. The molecule has 0 aromatic heterocycles. The van der Waals surface area contributed by atoms with Gasteiger partial charge in [0.25, 0.3) is 0 Å². The lowest BCUT2D eigenvalue weighted by Gasteiger charge is -2.33. The molecule has 1 N–H and O–H groups in total. The Hall–Kier alpha value is -1.42. The molecule has 3 aliphatic rings. The molecular formula is C24H39N3O5. The summed E-state index contributed by atoms with van der Waals surface area (Å²) in [5.74, 6) is 1.60. The van der Waals surface area contributed by atoms with Crippen LogP contribution < -0.4 is 9.47 Å². The Morgan fingerprint density at radius 1 is 0.906 bits per heavy atom. The largest absolute Gasteiger partial charge is 0.490 e. The van der Waals surface area contributed by atoms with Crippen molar-refractivity contribution >= 4 is 0 Å². The van der Waals surface area contributed by atoms with E-state index in [-0.39, 0.29) is 0 Å². The number of aliphatic hydroxyl groups is 1. The molecule has 8 heteroatoms. The van der Waals surface area contributed by atoms with Crippen molar-refractivity contribution < 1.29 is 24.1 Å². The van der Waals surface area contributed by atoms with E-state index in [0.29, 0.717) is 19.8 Å². The van der Waals surface area contributed by atoms with Crippen molar-refractivity contribution in [2.24, 2.45) is 0 Å². The molecule has 0 aliphatic carbocycles. The third kappa shape index (κ3) is 6.79. The maximum Gasteiger partial charge on any atom is 0.161 e. The van der Waals surface area contributed by atoms with E-state index in [1.165, 1.54) is 5.56 Å². The molecule has 3 fully saturated rings. The molecule has 4 rings (SSSR count). The first-order valence-corrected chi connectivity index (χ1v) is 12.1. The van der Waals surface area contributed by atoms with E-state index in [2.05, 4.69) is 26.8 Å². The minimum Gasteiger partial charge on any atom is -0.490 e. The summed E-state index contributed by atoms with van der Waals surface area (Å²) in [6, 6.07) is 6.23. The number of hydrogen-bond acceptors (Lipinski definition) is 8. The normalized spacial score (nSPS) is 25.8. The molecule has 1 aromatic rings. The maximum absolute atomic E-state index is 11.1. The number of morpholine rings is 2. The average molecular weight is 450 g/mol. The van der Waals surface area contributed by atoms with Gasteiger partial charge in [0.1, 0.15) is 6.61 Å². The topological polar surface area (TPSA) is 66.9 Å². The molecule has 1 atom stereocenters. The Morgan fingerprint density at radius 3 is 2.34 bits per heavy atom. The van der Waals surface area contributed by atoms with Crippen LogP contribution in [0.3, 0.4) is 0 Å². The van der Waals surface area contributed by atoms with Gasteiger partial charge in [0.2, 0.25) is 0 Å². The lowest BCUT2D eigenvalue weighted by Crippen LogP contribution is -2.48. The molecule has 180 valence electrons. The smallest absolute Gasteiger partial charge is 0.161 e. The van der Waals surface area contributed by atoms with Crippen LogP contribution in [0.5, 0.6) is 11.5 Å². The van der Waals surface area contributed by atoms with Gasteiger partial charge in [-0.25, -0.2) is 0 Å². The van der Waals surface area contributed by atoms with Gasteiger partial charge in [0, 0.05) is 58.9 Å². The second-order valence-corrected chi connectivity index (χ2v) is 9.09. The van der Waals surface area contributed by atoms with E-state index in [0.717, 1.165) is 96.7 Å². The van der Waals surface area contributed by atoms with Gasteiger partial charge in [-0.15, -0.1) is 0 Å². The zero-order valence-electron chi connectivity index (χ0n) is 19.5.